The summed E-state index contributed by atoms with van der Waals surface area (Å²) in [6, 6.07) is 10.6. The first kappa shape index (κ1) is 24.9. The van der Waals surface area contributed by atoms with Gasteiger partial charge in [-0.05, 0) is 43.2 Å². The van der Waals surface area contributed by atoms with Crippen molar-refractivity contribution in [2.45, 2.75) is 37.0 Å². The molecular weight excluding hydrogens is 466 g/mol. The number of nitrogens with one attached hydrogen (secondary N) is 3. The second-order valence-corrected chi connectivity index (χ2v) is 9.89. The molecular formula is C23H28ClN3O5S. The van der Waals surface area contributed by atoms with Crippen molar-refractivity contribution < 1.29 is 22.7 Å². The molecule has 0 unspecified atom stereocenters. The van der Waals surface area contributed by atoms with Crippen molar-refractivity contribution in [1.29, 1.82) is 0 Å². The molecule has 0 saturated heterocycles. The lowest BCUT2D eigenvalue weighted by Crippen LogP contribution is -2.38. The molecule has 3 N–H and O–H groups in total. The summed E-state index contributed by atoms with van der Waals surface area (Å²) in [5.41, 5.74) is 0.387. The summed E-state index contributed by atoms with van der Waals surface area (Å²) in [5, 5.41) is 5.52. The Morgan fingerprint density at radius 3 is 2.45 bits per heavy atom. The zero-order valence-electron chi connectivity index (χ0n) is 18.4. The summed E-state index contributed by atoms with van der Waals surface area (Å²) < 4.78 is 33.5. The van der Waals surface area contributed by atoms with E-state index in [1.54, 1.807) is 24.3 Å². The molecule has 8 nitrogen and oxygen atoms in total. The van der Waals surface area contributed by atoms with E-state index < -0.39 is 15.9 Å². The Morgan fingerprint density at radius 2 is 1.73 bits per heavy atom. The smallest absolute Gasteiger partial charge is 0.263 e. The minimum Gasteiger partial charge on any atom is -0.495 e. The van der Waals surface area contributed by atoms with E-state index in [9.17, 15) is 18.0 Å². The molecule has 2 amide bonds. The maximum absolute atomic E-state index is 12.9. The van der Waals surface area contributed by atoms with Gasteiger partial charge in [-0.25, -0.2) is 8.42 Å². The number of hydrogen-bond acceptors (Lipinski definition) is 5. The molecule has 0 bridgehead atoms. The largest absolute Gasteiger partial charge is 0.495 e. The Hall–Kier alpha value is -2.78. The number of carbonyl (C=O) groups excluding carboxylic acids is 2. The number of anilines is 1. The first-order valence-corrected chi connectivity index (χ1v) is 12.7. The van der Waals surface area contributed by atoms with Crippen LogP contribution in [0.2, 0.25) is 5.02 Å². The van der Waals surface area contributed by atoms with Crippen molar-refractivity contribution in [2.75, 3.05) is 24.9 Å². The van der Waals surface area contributed by atoms with Gasteiger partial charge in [0.25, 0.3) is 15.9 Å². The van der Waals surface area contributed by atoms with Gasteiger partial charge in [-0.15, -0.1) is 0 Å². The van der Waals surface area contributed by atoms with Gasteiger partial charge in [0.1, 0.15) is 10.6 Å². The molecule has 10 heteroatoms. The number of methoxy groups -OCH3 is 1. The van der Waals surface area contributed by atoms with Gasteiger partial charge in [0, 0.05) is 24.6 Å². The highest BCUT2D eigenvalue weighted by atomic mass is 35.5. The molecule has 0 spiro atoms. The van der Waals surface area contributed by atoms with Crippen molar-refractivity contribution in [1.82, 2.24) is 10.6 Å². The van der Waals surface area contributed by atoms with Crippen LogP contribution >= 0.6 is 11.6 Å². The summed E-state index contributed by atoms with van der Waals surface area (Å²) >= 11 is 6.13. The average molecular weight is 494 g/mol. The van der Waals surface area contributed by atoms with Gasteiger partial charge in [-0.1, -0.05) is 43.0 Å². The fraction of sp³-hybridized carbons (Fsp3) is 0.391. The van der Waals surface area contributed by atoms with E-state index in [-0.39, 0.29) is 39.5 Å². The molecule has 178 valence electrons. The van der Waals surface area contributed by atoms with E-state index in [0.717, 1.165) is 25.7 Å². The second-order valence-electron chi connectivity index (χ2n) is 7.83. The van der Waals surface area contributed by atoms with Crippen molar-refractivity contribution in [3.8, 4) is 5.75 Å². The van der Waals surface area contributed by atoms with E-state index in [1.807, 2.05) is 0 Å². The number of rotatable bonds is 9. The van der Waals surface area contributed by atoms with E-state index >= 15 is 0 Å². The maximum Gasteiger partial charge on any atom is 0.263 e. The highest BCUT2D eigenvalue weighted by Crippen LogP contribution is 2.29. The average Bonchev–Trinajstić information content (AvgIpc) is 2.82. The van der Waals surface area contributed by atoms with Crippen LogP contribution in [0.4, 0.5) is 5.69 Å². The lowest BCUT2D eigenvalue weighted by molar-refractivity contribution is -0.125. The van der Waals surface area contributed by atoms with Crippen LogP contribution in [0.1, 0.15) is 42.5 Å². The highest BCUT2D eigenvalue weighted by molar-refractivity contribution is 7.92. The Kier molecular flexibility index (Phi) is 8.57. The maximum atomic E-state index is 12.9. The van der Waals surface area contributed by atoms with Crippen molar-refractivity contribution >= 4 is 39.1 Å². The zero-order valence-corrected chi connectivity index (χ0v) is 20.0. The van der Waals surface area contributed by atoms with Gasteiger partial charge < -0.3 is 15.4 Å². The Bertz CT molecular complexity index is 1100. The molecule has 1 aliphatic carbocycles. The van der Waals surface area contributed by atoms with Crippen LogP contribution in [0.25, 0.3) is 0 Å². The van der Waals surface area contributed by atoms with Crippen LogP contribution in [0, 0.1) is 5.92 Å². The van der Waals surface area contributed by atoms with Crippen molar-refractivity contribution in [3.63, 3.8) is 0 Å². The summed E-state index contributed by atoms with van der Waals surface area (Å²) in [6.07, 6.45) is 5.13. The van der Waals surface area contributed by atoms with Gasteiger partial charge in [-0.2, -0.15) is 0 Å². The van der Waals surface area contributed by atoms with Crippen LogP contribution in [0.15, 0.2) is 47.4 Å². The molecule has 0 heterocycles. The van der Waals surface area contributed by atoms with Gasteiger partial charge >= 0.3 is 0 Å². The minimum atomic E-state index is -4.08. The fourth-order valence-electron chi connectivity index (χ4n) is 3.75. The Morgan fingerprint density at radius 1 is 1.03 bits per heavy atom. The predicted octanol–water partition coefficient (Wildman–Crippen LogP) is 3.58. The molecule has 33 heavy (non-hydrogen) atoms. The van der Waals surface area contributed by atoms with E-state index in [2.05, 4.69) is 15.4 Å². The van der Waals surface area contributed by atoms with Gasteiger partial charge in [0.2, 0.25) is 5.91 Å². The Balaban J connectivity index is 1.61. The monoisotopic (exact) mass is 493 g/mol. The van der Waals surface area contributed by atoms with Crippen LogP contribution in [-0.2, 0) is 14.8 Å². The van der Waals surface area contributed by atoms with Gasteiger partial charge in [0.15, 0.2) is 0 Å². The SMILES string of the molecule is COc1ccccc1NS(=O)(=O)c1cc(C(=O)NCCNC(=O)C2CCCCC2)ccc1Cl. The Labute approximate surface area is 199 Å². The lowest BCUT2D eigenvalue weighted by atomic mass is 9.89. The summed E-state index contributed by atoms with van der Waals surface area (Å²) in [7, 11) is -2.65. The standard InChI is InChI=1S/C23H28ClN3O5S/c1-32-20-10-6-5-9-19(20)27-33(30,31)21-15-17(11-12-18(21)24)23(29)26-14-13-25-22(28)16-7-3-2-4-8-16/h5-6,9-12,15-16,27H,2-4,7-8,13-14H2,1H3,(H,25,28)(H,26,29). The molecule has 0 aliphatic heterocycles. The number of amides is 2. The molecule has 2 aromatic rings. The molecule has 1 aliphatic rings. The number of halogens is 1. The quantitative estimate of drug-likeness (QED) is 0.462. The molecule has 0 aromatic heterocycles. The van der Waals surface area contributed by atoms with Crippen LogP contribution in [0.3, 0.4) is 0 Å². The van der Waals surface area contributed by atoms with Crippen LogP contribution in [-0.4, -0.2) is 40.4 Å². The molecule has 1 saturated carbocycles. The third kappa shape index (κ3) is 6.61. The number of sulfonamides is 1. The molecule has 0 radical (unpaired) electrons. The van der Waals surface area contributed by atoms with Crippen molar-refractivity contribution in [2.24, 2.45) is 5.92 Å². The van der Waals surface area contributed by atoms with E-state index in [1.165, 1.54) is 31.7 Å². The third-order valence-electron chi connectivity index (χ3n) is 5.52. The third-order valence-corrected chi connectivity index (χ3v) is 7.37. The number of para-hydroxylation sites is 2. The van der Waals surface area contributed by atoms with Gasteiger partial charge in [0.05, 0.1) is 17.8 Å². The number of benzene rings is 2. The summed E-state index contributed by atoms with van der Waals surface area (Å²) in [4.78, 5) is 24.5. The van der Waals surface area contributed by atoms with Crippen LogP contribution < -0.4 is 20.1 Å². The van der Waals surface area contributed by atoms with Crippen molar-refractivity contribution in [3.05, 3.63) is 53.1 Å². The second kappa shape index (κ2) is 11.4. The van der Waals surface area contributed by atoms with Gasteiger partial charge in [-0.3, -0.25) is 14.3 Å². The normalized spacial score (nSPS) is 14.4. The number of ether oxygens (including phenoxy) is 1. The molecule has 3 rings (SSSR count). The topological polar surface area (TPSA) is 114 Å². The molecule has 1 fully saturated rings. The number of carbonyl (C=O) groups is 2. The fourth-order valence-corrected chi connectivity index (χ4v) is 5.35. The van der Waals surface area contributed by atoms with E-state index in [0.29, 0.717) is 12.3 Å². The highest BCUT2D eigenvalue weighted by Gasteiger charge is 2.22. The first-order chi connectivity index (χ1) is 15.8. The first-order valence-electron chi connectivity index (χ1n) is 10.8. The zero-order chi connectivity index (χ0) is 23.8. The lowest BCUT2D eigenvalue weighted by Gasteiger charge is -2.20. The van der Waals surface area contributed by atoms with E-state index in [4.69, 9.17) is 16.3 Å². The number of hydrogen-bond donors (Lipinski definition) is 3. The molecule has 2 aromatic carbocycles. The minimum absolute atomic E-state index is 0.0197. The predicted molar refractivity (Wildman–Crippen MR) is 127 cm³/mol. The summed E-state index contributed by atoms with van der Waals surface area (Å²) in [5.74, 6) is -0.0471. The molecule has 0 atom stereocenters. The summed E-state index contributed by atoms with van der Waals surface area (Å²) in [6.45, 7) is 0.524. The van der Waals surface area contributed by atoms with Crippen LogP contribution in [0.5, 0.6) is 5.75 Å².